The van der Waals surface area contributed by atoms with Crippen LogP contribution in [0, 0.1) is 17.8 Å². The highest BCUT2D eigenvalue weighted by Gasteiger charge is 2.40. The summed E-state index contributed by atoms with van der Waals surface area (Å²) < 4.78 is 4.81. The Morgan fingerprint density at radius 1 is 1.14 bits per heavy atom. The van der Waals surface area contributed by atoms with Crippen molar-refractivity contribution >= 4 is 17.8 Å². The van der Waals surface area contributed by atoms with E-state index in [1.54, 1.807) is 7.11 Å². The minimum Gasteiger partial charge on any atom is -0.481 e. The Morgan fingerprint density at radius 3 is 2.43 bits per heavy atom. The van der Waals surface area contributed by atoms with Gasteiger partial charge in [-0.1, -0.05) is 6.92 Å². The highest BCUT2D eigenvalue weighted by atomic mass is 16.5. The van der Waals surface area contributed by atoms with E-state index in [1.165, 1.54) is 0 Å². The topological polar surface area (TPSA) is 105 Å². The summed E-state index contributed by atoms with van der Waals surface area (Å²) in [6.07, 6.45) is 1.29. The van der Waals surface area contributed by atoms with Gasteiger partial charge in [0.1, 0.15) is 0 Å². The second-order valence-corrected chi connectivity index (χ2v) is 5.51. The van der Waals surface area contributed by atoms with Crippen molar-refractivity contribution in [2.24, 2.45) is 17.8 Å². The minimum atomic E-state index is -0.920. The number of amides is 2. The molecule has 1 aliphatic carbocycles. The number of carbonyl (C=O) groups is 3. The van der Waals surface area contributed by atoms with Crippen molar-refractivity contribution in [2.45, 2.75) is 26.2 Å². The van der Waals surface area contributed by atoms with Crippen molar-refractivity contribution in [2.75, 3.05) is 26.8 Å². The van der Waals surface area contributed by atoms with Gasteiger partial charge in [-0.2, -0.15) is 0 Å². The fourth-order valence-electron chi connectivity index (χ4n) is 2.67. The summed E-state index contributed by atoms with van der Waals surface area (Å²) in [5.41, 5.74) is 0. The summed E-state index contributed by atoms with van der Waals surface area (Å²) >= 11 is 0. The van der Waals surface area contributed by atoms with Crippen molar-refractivity contribution in [1.82, 2.24) is 10.6 Å². The van der Waals surface area contributed by atoms with Gasteiger partial charge in [0.15, 0.2) is 0 Å². The number of methoxy groups -OCH3 is 1. The normalized spacial score (nSPS) is 24.6. The lowest BCUT2D eigenvalue weighted by molar-refractivity contribution is -0.146. The Morgan fingerprint density at radius 2 is 1.81 bits per heavy atom. The summed E-state index contributed by atoms with van der Waals surface area (Å²) in [4.78, 5) is 34.6. The molecular formula is C14H24N2O5. The Labute approximate surface area is 124 Å². The van der Waals surface area contributed by atoms with Gasteiger partial charge in [-0.15, -0.1) is 0 Å². The number of carboxylic acids is 1. The monoisotopic (exact) mass is 300 g/mol. The van der Waals surface area contributed by atoms with E-state index in [0.29, 0.717) is 26.0 Å². The maximum Gasteiger partial charge on any atom is 0.307 e. The van der Waals surface area contributed by atoms with E-state index >= 15 is 0 Å². The average Bonchev–Trinajstić information content (AvgIpc) is 2.81. The molecule has 0 aliphatic heterocycles. The third-order valence-corrected chi connectivity index (χ3v) is 3.73. The summed E-state index contributed by atoms with van der Waals surface area (Å²) in [5.74, 6) is -2.22. The fourth-order valence-corrected chi connectivity index (χ4v) is 2.67. The molecule has 120 valence electrons. The zero-order valence-electron chi connectivity index (χ0n) is 12.6. The van der Waals surface area contributed by atoms with Crippen LogP contribution in [0.5, 0.6) is 0 Å². The van der Waals surface area contributed by atoms with E-state index in [2.05, 4.69) is 10.6 Å². The Bertz CT molecular complexity index is 386. The molecule has 1 saturated carbocycles. The van der Waals surface area contributed by atoms with Crippen molar-refractivity contribution in [3.63, 3.8) is 0 Å². The van der Waals surface area contributed by atoms with Crippen LogP contribution in [0.25, 0.3) is 0 Å². The number of rotatable bonds is 8. The van der Waals surface area contributed by atoms with Gasteiger partial charge < -0.3 is 20.5 Å². The summed E-state index contributed by atoms with van der Waals surface area (Å²) in [6.45, 7) is 3.05. The third kappa shape index (κ3) is 5.71. The molecule has 3 atom stereocenters. The lowest BCUT2D eigenvalue weighted by Gasteiger charge is -2.15. The molecule has 0 spiro atoms. The van der Waals surface area contributed by atoms with Gasteiger partial charge in [-0.3, -0.25) is 14.4 Å². The molecule has 0 heterocycles. The lowest BCUT2D eigenvalue weighted by atomic mass is 9.95. The zero-order valence-corrected chi connectivity index (χ0v) is 12.6. The summed E-state index contributed by atoms with van der Waals surface area (Å²) in [7, 11) is 1.55. The highest BCUT2D eigenvalue weighted by molar-refractivity contribution is 5.85. The molecule has 7 heteroatoms. The van der Waals surface area contributed by atoms with Crippen LogP contribution in [0.3, 0.4) is 0 Å². The molecule has 0 aromatic heterocycles. The van der Waals surface area contributed by atoms with Gasteiger partial charge >= 0.3 is 5.97 Å². The molecule has 0 radical (unpaired) electrons. The Balaban J connectivity index is 2.30. The Kier molecular flexibility index (Phi) is 7.14. The van der Waals surface area contributed by atoms with Gasteiger partial charge in [-0.25, -0.2) is 0 Å². The lowest BCUT2D eigenvalue weighted by Crippen LogP contribution is -2.37. The molecule has 0 aromatic rings. The molecule has 7 nitrogen and oxygen atoms in total. The predicted molar refractivity (Wildman–Crippen MR) is 75.5 cm³/mol. The largest absolute Gasteiger partial charge is 0.481 e. The van der Waals surface area contributed by atoms with E-state index in [-0.39, 0.29) is 30.7 Å². The van der Waals surface area contributed by atoms with Crippen molar-refractivity contribution in [3.8, 4) is 0 Å². The minimum absolute atomic E-state index is 0.165. The average molecular weight is 300 g/mol. The smallest absolute Gasteiger partial charge is 0.307 e. The molecule has 0 bridgehead atoms. The fraction of sp³-hybridized carbons (Fsp3) is 0.786. The molecule has 3 N–H and O–H groups in total. The van der Waals surface area contributed by atoms with E-state index in [4.69, 9.17) is 9.84 Å². The second-order valence-electron chi connectivity index (χ2n) is 5.51. The first-order valence-corrected chi connectivity index (χ1v) is 7.21. The van der Waals surface area contributed by atoms with E-state index in [1.807, 2.05) is 6.92 Å². The standard InChI is InChI=1S/C14H24N2O5/c1-9-7-10(11(8-9)14(19)20)13(18)16-4-3-12(17)15-5-6-21-2/h9-11H,3-8H2,1-2H3,(H,15,17)(H,16,18)(H,19,20)/t9?,10-,11+/m0/s1. The molecular weight excluding hydrogens is 276 g/mol. The molecule has 1 unspecified atom stereocenters. The van der Waals surface area contributed by atoms with Crippen molar-refractivity contribution < 1.29 is 24.2 Å². The maximum absolute atomic E-state index is 12.0. The quantitative estimate of drug-likeness (QED) is 0.547. The molecule has 21 heavy (non-hydrogen) atoms. The molecule has 0 aromatic carbocycles. The van der Waals surface area contributed by atoms with Crippen LogP contribution in [0.4, 0.5) is 0 Å². The zero-order chi connectivity index (χ0) is 15.8. The van der Waals surface area contributed by atoms with Crippen LogP contribution in [-0.4, -0.2) is 49.7 Å². The van der Waals surface area contributed by atoms with Gasteiger partial charge in [0.2, 0.25) is 11.8 Å². The number of hydrogen-bond acceptors (Lipinski definition) is 4. The molecule has 1 rings (SSSR count). The number of hydrogen-bond donors (Lipinski definition) is 3. The molecule has 0 saturated heterocycles. The number of aliphatic carboxylic acids is 1. The maximum atomic E-state index is 12.0. The number of carbonyl (C=O) groups excluding carboxylic acids is 2. The third-order valence-electron chi connectivity index (χ3n) is 3.73. The number of nitrogens with one attached hydrogen (secondary N) is 2. The molecule has 1 fully saturated rings. The number of carboxylic acid groups (broad SMARTS) is 1. The van der Waals surface area contributed by atoms with E-state index < -0.39 is 17.8 Å². The van der Waals surface area contributed by atoms with Crippen LogP contribution in [0.1, 0.15) is 26.2 Å². The van der Waals surface area contributed by atoms with Crippen LogP contribution < -0.4 is 10.6 Å². The highest BCUT2D eigenvalue weighted by Crippen LogP contribution is 2.36. The van der Waals surface area contributed by atoms with Crippen LogP contribution >= 0.6 is 0 Å². The molecule has 2 amide bonds. The van der Waals surface area contributed by atoms with Gasteiger partial charge in [0, 0.05) is 26.6 Å². The SMILES string of the molecule is COCCNC(=O)CCNC(=O)[C@H]1CC(C)C[C@H]1C(=O)O. The predicted octanol–water partition coefficient (Wildman–Crippen LogP) is 0.00220. The van der Waals surface area contributed by atoms with Gasteiger partial charge in [0.25, 0.3) is 0 Å². The van der Waals surface area contributed by atoms with Crippen molar-refractivity contribution in [3.05, 3.63) is 0 Å². The second kappa shape index (κ2) is 8.61. The Hall–Kier alpha value is -1.63. The van der Waals surface area contributed by atoms with Crippen LogP contribution in [0.2, 0.25) is 0 Å². The van der Waals surface area contributed by atoms with Gasteiger partial charge in [-0.05, 0) is 18.8 Å². The van der Waals surface area contributed by atoms with Gasteiger partial charge in [0.05, 0.1) is 18.4 Å². The first-order chi connectivity index (χ1) is 9.95. The molecule has 1 aliphatic rings. The first kappa shape index (κ1) is 17.4. The van der Waals surface area contributed by atoms with Crippen molar-refractivity contribution in [1.29, 1.82) is 0 Å². The first-order valence-electron chi connectivity index (χ1n) is 7.21. The number of ether oxygens (including phenoxy) is 1. The summed E-state index contributed by atoms with van der Waals surface area (Å²) in [6, 6.07) is 0. The summed E-state index contributed by atoms with van der Waals surface area (Å²) in [5, 5.41) is 14.4. The van der Waals surface area contributed by atoms with E-state index in [0.717, 1.165) is 0 Å². The van der Waals surface area contributed by atoms with Crippen LogP contribution in [0.15, 0.2) is 0 Å². The van der Waals surface area contributed by atoms with Crippen LogP contribution in [-0.2, 0) is 19.1 Å². The van der Waals surface area contributed by atoms with E-state index in [9.17, 15) is 14.4 Å².